The predicted molar refractivity (Wildman–Crippen MR) is 143 cm³/mol. The van der Waals surface area contributed by atoms with Gasteiger partial charge in [0.05, 0.1) is 13.2 Å². The Hall–Kier alpha value is -2.17. The molecule has 8 heteroatoms. The molecule has 2 aliphatic rings. The van der Waals surface area contributed by atoms with E-state index in [1.54, 1.807) is 7.05 Å². The van der Waals surface area contributed by atoms with E-state index >= 15 is 0 Å². The Morgan fingerprint density at radius 2 is 1.67 bits per heavy atom. The smallest absolute Gasteiger partial charge is 0.227 e. The molecule has 0 aliphatic carbocycles. The molecule has 178 valence electrons. The van der Waals surface area contributed by atoms with Gasteiger partial charge in [-0.25, -0.2) is 0 Å². The number of rotatable bonds is 7. The molecule has 1 amide bonds. The minimum Gasteiger partial charge on any atom is -0.379 e. The monoisotopic (exact) mass is 563 g/mol. The molecule has 2 aromatic carbocycles. The zero-order valence-electron chi connectivity index (χ0n) is 19.3. The molecule has 7 nitrogen and oxygen atoms in total. The number of benzene rings is 2. The van der Waals surface area contributed by atoms with Crippen molar-refractivity contribution in [3.63, 3.8) is 0 Å². The number of halogens is 1. The number of hydrogen-bond acceptors (Lipinski definition) is 4. The van der Waals surface area contributed by atoms with Crippen LogP contribution in [0.4, 0.5) is 5.69 Å². The number of amides is 1. The molecule has 0 unspecified atom stereocenters. The van der Waals surface area contributed by atoms with Crippen molar-refractivity contribution in [1.82, 2.24) is 15.5 Å². The zero-order valence-corrected chi connectivity index (χ0v) is 21.6. The maximum atomic E-state index is 11.9. The fourth-order valence-corrected chi connectivity index (χ4v) is 4.16. The lowest BCUT2D eigenvalue weighted by Gasteiger charge is -2.26. The van der Waals surface area contributed by atoms with Crippen molar-refractivity contribution in [1.29, 1.82) is 0 Å². The topological polar surface area (TPSA) is 69.2 Å². The summed E-state index contributed by atoms with van der Waals surface area (Å²) in [4.78, 5) is 20.5. The summed E-state index contributed by atoms with van der Waals surface area (Å²) in [6.45, 7) is 6.80. The van der Waals surface area contributed by atoms with Crippen LogP contribution in [0.1, 0.15) is 29.5 Å². The Kier molecular flexibility index (Phi) is 9.95. The van der Waals surface area contributed by atoms with Crippen LogP contribution in [0.25, 0.3) is 0 Å². The van der Waals surface area contributed by atoms with Gasteiger partial charge in [0.2, 0.25) is 5.91 Å². The molecule has 2 aliphatic heterocycles. The van der Waals surface area contributed by atoms with E-state index in [0.717, 1.165) is 63.0 Å². The average Bonchev–Trinajstić information content (AvgIpc) is 3.26. The molecule has 4 rings (SSSR count). The molecular formula is C25H34IN5O2. The second kappa shape index (κ2) is 12.9. The van der Waals surface area contributed by atoms with Crippen molar-refractivity contribution in [2.75, 3.05) is 44.8 Å². The summed E-state index contributed by atoms with van der Waals surface area (Å²) in [6, 6.07) is 16.9. The van der Waals surface area contributed by atoms with Gasteiger partial charge in [0.15, 0.2) is 5.96 Å². The van der Waals surface area contributed by atoms with E-state index in [4.69, 9.17) is 4.74 Å². The summed E-state index contributed by atoms with van der Waals surface area (Å²) in [5.41, 5.74) is 4.69. The largest absolute Gasteiger partial charge is 0.379 e. The van der Waals surface area contributed by atoms with E-state index in [1.807, 2.05) is 17.0 Å². The number of carbonyl (C=O) groups is 1. The molecule has 2 saturated heterocycles. The molecule has 0 bridgehead atoms. The average molecular weight is 563 g/mol. The van der Waals surface area contributed by atoms with Gasteiger partial charge in [-0.1, -0.05) is 36.4 Å². The highest BCUT2D eigenvalue weighted by Gasteiger charge is 2.21. The number of guanidine groups is 1. The van der Waals surface area contributed by atoms with Gasteiger partial charge in [0, 0.05) is 58.4 Å². The van der Waals surface area contributed by atoms with Gasteiger partial charge >= 0.3 is 0 Å². The summed E-state index contributed by atoms with van der Waals surface area (Å²) < 4.78 is 5.44. The molecule has 33 heavy (non-hydrogen) atoms. The summed E-state index contributed by atoms with van der Waals surface area (Å²) in [7, 11) is 1.78. The third-order valence-electron chi connectivity index (χ3n) is 5.97. The Morgan fingerprint density at radius 1 is 0.970 bits per heavy atom. The minimum atomic E-state index is 0. The zero-order chi connectivity index (χ0) is 22.2. The fourth-order valence-electron chi connectivity index (χ4n) is 4.16. The van der Waals surface area contributed by atoms with Crippen molar-refractivity contribution in [3.8, 4) is 0 Å². The molecule has 2 fully saturated rings. The first kappa shape index (κ1) is 25.5. The molecule has 0 saturated carbocycles. The van der Waals surface area contributed by atoms with Crippen LogP contribution >= 0.6 is 24.0 Å². The third-order valence-corrected chi connectivity index (χ3v) is 5.97. The normalized spacial score (nSPS) is 17.1. The first-order valence-corrected chi connectivity index (χ1v) is 11.4. The van der Waals surface area contributed by atoms with Crippen LogP contribution in [-0.4, -0.2) is 56.7 Å². The van der Waals surface area contributed by atoms with E-state index < -0.39 is 0 Å². The second-order valence-corrected chi connectivity index (χ2v) is 8.30. The highest BCUT2D eigenvalue weighted by molar-refractivity contribution is 14.0. The number of nitrogens with one attached hydrogen (secondary N) is 2. The molecule has 0 aromatic heterocycles. The van der Waals surface area contributed by atoms with Gasteiger partial charge in [-0.15, -0.1) is 24.0 Å². The van der Waals surface area contributed by atoms with E-state index in [2.05, 4.69) is 56.9 Å². The van der Waals surface area contributed by atoms with Crippen molar-refractivity contribution in [2.24, 2.45) is 4.99 Å². The summed E-state index contributed by atoms with van der Waals surface area (Å²) in [5.74, 6) is 0.983. The lowest BCUT2D eigenvalue weighted by molar-refractivity contribution is -0.117. The SMILES string of the molecule is CN=C(NCc1ccc(N2CCCC2=O)cc1)NCc1cccc(CN2CCOCC2)c1.I. The van der Waals surface area contributed by atoms with Crippen LogP contribution < -0.4 is 15.5 Å². The quantitative estimate of drug-likeness (QED) is 0.308. The van der Waals surface area contributed by atoms with Crippen LogP contribution in [0.3, 0.4) is 0 Å². The van der Waals surface area contributed by atoms with E-state index in [0.29, 0.717) is 19.5 Å². The lowest BCUT2D eigenvalue weighted by Crippen LogP contribution is -2.36. The molecule has 0 radical (unpaired) electrons. The van der Waals surface area contributed by atoms with Gasteiger partial charge in [-0.3, -0.25) is 14.7 Å². The van der Waals surface area contributed by atoms with Gasteiger partial charge < -0.3 is 20.3 Å². The first-order valence-electron chi connectivity index (χ1n) is 11.4. The lowest BCUT2D eigenvalue weighted by atomic mass is 10.1. The van der Waals surface area contributed by atoms with Gasteiger partial charge in [-0.05, 0) is 35.2 Å². The number of aliphatic imine (C=N–C) groups is 1. The Labute approximate surface area is 213 Å². The molecule has 2 aromatic rings. The number of carbonyl (C=O) groups excluding carboxylic acids is 1. The van der Waals surface area contributed by atoms with Crippen LogP contribution in [0.2, 0.25) is 0 Å². The fraction of sp³-hybridized carbons (Fsp3) is 0.440. The Balaban J connectivity index is 0.00000306. The third kappa shape index (κ3) is 7.41. The second-order valence-electron chi connectivity index (χ2n) is 8.30. The Morgan fingerprint density at radius 3 is 2.33 bits per heavy atom. The van der Waals surface area contributed by atoms with Crippen LogP contribution in [0.15, 0.2) is 53.5 Å². The number of anilines is 1. The molecular weight excluding hydrogens is 529 g/mol. The summed E-state index contributed by atoms with van der Waals surface area (Å²) in [6.07, 6.45) is 1.60. The van der Waals surface area contributed by atoms with E-state index in [9.17, 15) is 4.79 Å². The highest BCUT2D eigenvalue weighted by Crippen LogP contribution is 2.21. The molecule has 0 atom stereocenters. The minimum absolute atomic E-state index is 0. The van der Waals surface area contributed by atoms with Crippen LogP contribution in [-0.2, 0) is 29.2 Å². The first-order chi connectivity index (χ1) is 15.7. The van der Waals surface area contributed by atoms with Gasteiger partial charge in [0.25, 0.3) is 0 Å². The maximum absolute atomic E-state index is 11.9. The van der Waals surface area contributed by atoms with Gasteiger partial charge in [0.1, 0.15) is 0 Å². The summed E-state index contributed by atoms with van der Waals surface area (Å²) >= 11 is 0. The van der Waals surface area contributed by atoms with Crippen molar-refractivity contribution in [3.05, 3.63) is 65.2 Å². The van der Waals surface area contributed by atoms with Crippen LogP contribution in [0, 0.1) is 0 Å². The van der Waals surface area contributed by atoms with E-state index in [-0.39, 0.29) is 29.9 Å². The van der Waals surface area contributed by atoms with Gasteiger partial charge in [-0.2, -0.15) is 0 Å². The van der Waals surface area contributed by atoms with Crippen molar-refractivity contribution in [2.45, 2.75) is 32.5 Å². The predicted octanol–water partition coefficient (Wildman–Crippen LogP) is 3.13. The number of nitrogens with zero attached hydrogens (tertiary/aromatic N) is 3. The summed E-state index contributed by atoms with van der Waals surface area (Å²) in [5, 5.41) is 6.77. The number of hydrogen-bond donors (Lipinski definition) is 2. The maximum Gasteiger partial charge on any atom is 0.227 e. The molecule has 2 heterocycles. The standard InChI is InChI=1S/C25H33N5O2.HI/c1-26-25(27-17-20-7-9-23(10-8-20)30-11-3-6-24(30)31)28-18-21-4-2-5-22(16-21)19-29-12-14-32-15-13-29;/h2,4-5,7-10,16H,3,6,11-15,17-19H2,1H3,(H2,26,27,28);1H. The number of morpholine rings is 1. The van der Waals surface area contributed by atoms with Crippen molar-refractivity contribution >= 4 is 41.5 Å². The van der Waals surface area contributed by atoms with Crippen LogP contribution in [0.5, 0.6) is 0 Å². The Bertz CT molecular complexity index is 929. The molecule has 2 N–H and O–H groups in total. The number of ether oxygens (including phenoxy) is 1. The van der Waals surface area contributed by atoms with Crippen molar-refractivity contribution < 1.29 is 9.53 Å². The highest BCUT2D eigenvalue weighted by atomic mass is 127. The molecule has 0 spiro atoms. The van der Waals surface area contributed by atoms with E-state index in [1.165, 1.54) is 11.1 Å².